The predicted octanol–water partition coefficient (Wildman–Crippen LogP) is -0.309. The molecule has 0 atom stereocenters. The quantitative estimate of drug-likeness (QED) is 0.261. The molecule has 0 spiro atoms. The van der Waals surface area contributed by atoms with Gasteiger partial charge in [0.15, 0.2) is 17.3 Å². The van der Waals surface area contributed by atoms with Crippen molar-refractivity contribution in [2.75, 3.05) is 24.3 Å². The van der Waals surface area contributed by atoms with E-state index in [1.165, 1.54) is 24.6 Å². The van der Waals surface area contributed by atoms with Crippen molar-refractivity contribution in [2.45, 2.75) is 25.0 Å². The molecule has 0 radical (unpaired) electrons. The van der Waals surface area contributed by atoms with Gasteiger partial charge in [-0.25, -0.2) is 4.98 Å². The van der Waals surface area contributed by atoms with Crippen molar-refractivity contribution < 1.29 is 19.1 Å². The number of nitrogens with zero attached hydrogens (tertiary/aromatic N) is 3. The van der Waals surface area contributed by atoms with Crippen LogP contribution in [0.2, 0.25) is 0 Å². The molecule has 1 aliphatic rings. The molecule has 1 saturated carbocycles. The van der Waals surface area contributed by atoms with Gasteiger partial charge in [-0.1, -0.05) is 6.07 Å². The van der Waals surface area contributed by atoms with Crippen molar-refractivity contribution in [2.24, 2.45) is 5.92 Å². The molecule has 0 aliphatic heterocycles. The van der Waals surface area contributed by atoms with E-state index in [9.17, 15) is 14.4 Å². The summed E-state index contributed by atoms with van der Waals surface area (Å²) in [7, 11) is 7.13. The second-order valence-electron chi connectivity index (χ2n) is 9.86. The number of hydrogen-bond donors (Lipinski definition) is 4. The van der Waals surface area contributed by atoms with E-state index in [1.807, 2.05) is 42.6 Å². The van der Waals surface area contributed by atoms with Crippen LogP contribution in [0.4, 0.5) is 17.2 Å². The lowest BCUT2D eigenvalue weighted by Gasteiger charge is -2.22. The molecule has 15 heteroatoms. The predicted molar refractivity (Wildman–Crippen MR) is 155 cm³/mol. The first-order chi connectivity index (χ1) is 18.1. The molecule has 0 unspecified atom stereocenters. The molecule has 4 rings (SSSR count). The number of methoxy groups -OCH3 is 1. The van der Waals surface area contributed by atoms with Crippen LogP contribution in [-0.2, 0) is 4.79 Å². The van der Waals surface area contributed by atoms with Gasteiger partial charge in [0.25, 0.3) is 11.8 Å². The third-order valence-electron chi connectivity index (χ3n) is 5.48. The number of carbonyl (C=O) groups excluding carboxylic acids is 3. The minimum atomic E-state index is -0.501. The molecule has 0 saturated heterocycles. The van der Waals surface area contributed by atoms with Crippen LogP contribution >= 0.6 is 11.3 Å². The zero-order valence-corrected chi connectivity index (χ0v) is 22.8. The first-order valence-electron chi connectivity index (χ1n) is 12.3. The van der Waals surface area contributed by atoms with Gasteiger partial charge in [0, 0.05) is 18.5 Å². The van der Waals surface area contributed by atoms with E-state index < -0.39 is 11.1 Å². The Morgan fingerprint density at radius 3 is 2.55 bits per heavy atom. The summed E-state index contributed by atoms with van der Waals surface area (Å²) < 4.78 is 5.73. The van der Waals surface area contributed by atoms with Gasteiger partial charge in [-0.05, 0) is 37.1 Å². The second kappa shape index (κ2) is 11.3. The number of nitrogens with one attached hydrogen (secondary N) is 4. The molecule has 2 aromatic heterocycles. The van der Waals surface area contributed by atoms with Gasteiger partial charge in [-0.2, -0.15) is 0 Å². The average molecular weight is 531 g/mol. The highest BCUT2D eigenvalue weighted by Crippen LogP contribution is 2.40. The average Bonchev–Trinajstić information content (AvgIpc) is 3.59. The van der Waals surface area contributed by atoms with Crippen molar-refractivity contribution in [3.05, 3.63) is 41.0 Å². The van der Waals surface area contributed by atoms with Crippen molar-refractivity contribution in [3.8, 4) is 16.3 Å². The normalized spacial score (nSPS) is 12.9. The molecule has 2 heterocycles. The van der Waals surface area contributed by atoms with Crippen molar-refractivity contribution in [1.29, 1.82) is 0 Å². The summed E-state index contributed by atoms with van der Waals surface area (Å²) in [4.78, 5) is 42.5. The van der Waals surface area contributed by atoms with Crippen LogP contribution in [0.1, 0.15) is 39.9 Å². The zero-order chi connectivity index (χ0) is 27.4. The number of aromatic nitrogens is 3. The lowest BCUT2D eigenvalue weighted by atomic mass is 9.49. The molecule has 1 aliphatic carbocycles. The first kappa shape index (κ1) is 27.2. The number of anilines is 3. The van der Waals surface area contributed by atoms with Crippen LogP contribution in [-0.4, -0.2) is 75.3 Å². The van der Waals surface area contributed by atoms with Crippen molar-refractivity contribution in [1.82, 2.24) is 25.8 Å². The Kier molecular flexibility index (Phi) is 8.05. The Labute approximate surface area is 227 Å². The Morgan fingerprint density at radius 2 is 1.89 bits per heavy atom. The summed E-state index contributed by atoms with van der Waals surface area (Å²) in [6.07, 6.45) is 3.22. The Bertz CT molecular complexity index is 1380. The van der Waals surface area contributed by atoms with E-state index in [0.717, 1.165) is 12.8 Å². The molecule has 4 N–H and O–H groups in total. The van der Waals surface area contributed by atoms with Crippen LogP contribution in [0.25, 0.3) is 10.6 Å². The summed E-state index contributed by atoms with van der Waals surface area (Å²) >= 11 is 1.25. The van der Waals surface area contributed by atoms with Gasteiger partial charge < -0.3 is 26.0 Å². The van der Waals surface area contributed by atoms with E-state index in [0.29, 0.717) is 39.1 Å². The SMILES string of the molecule is BC(B)(B)NC(=O)c1nnc(NC(=O)C2CC2)cc1Nc1cccc(-c2ncc(C(=O)NCC)s2)c1OC. The highest BCUT2D eigenvalue weighted by molar-refractivity contribution is 7.17. The van der Waals surface area contributed by atoms with Crippen LogP contribution in [0, 0.1) is 5.92 Å². The summed E-state index contributed by atoms with van der Waals surface area (Å²) in [6.45, 7) is 2.37. The van der Waals surface area contributed by atoms with Crippen molar-refractivity contribution >= 4 is 69.8 Å². The van der Waals surface area contributed by atoms with Crippen molar-refractivity contribution in [3.63, 3.8) is 0 Å². The monoisotopic (exact) mass is 531 g/mol. The minimum absolute atomic E-state index is 0.0172. The fraction of sp³-hybridized carbons (Fsp3) is 0.304. The van der Waals surface area contributed by atoms with E-state index in [-0.39, 0.29) is 29.2 Å². The van der Waals surface area contributed by atoms with Crippen LogP contribution < -0.4 is 26.0 Å². The molecule has 194 valence electrons. The third kappa shape index (κ3) is 6.52. The highest BCUT2D eigenvalue weighted by atomic mass is 32.1. The van der Waals surface area contributed by atoms with E-state index >= 15 is 0 Å². The van der Waals surface area contributed by atoms with Gasteiger partial charge in [-0.3, -0.25) is 14.4 Å². The number of carbonyl (C=O) groups is 3. The lowest BCUT2D eigenvalue weighted by molar-refractivity contribution is -0.117. The molecule has 1 aromatic carbocycles. The molecule has 3 aromatic rings. The first-order valence-corrected chi connectivity index (χ1v) is 13.1. The van der Waals surface area contributed by atoms with Gasteiger partial charge in [-0.15, -0.1) is 21.5 Å². The standard InChI is InChI=1S/C23H28B3N7O4S/c1-3-27-20(35)15-10-28-22(38-15)12-5-4-6-13(18(12)37-2)29-14-9-16(30-19(34)11-7-8-11)32-33-17(14)21(36)31-23(24,25)26/h4-6,9-11H,3,7-8,24-26H2,1-2H3,(H,27,35)(H,31,36)(H2,29,30,32,34). The number of ether oxygens (including phenoxy) is 1. The van der Waals surface area contributed by atoms with Gasteiger partial charge in [0.05, 0.1) is 30.2 Å². The summed E-state index contributed by atoms with van der Waals surface area (Å²) in [6, 6.07) is 7.01. The fourth-order valence-electron chi connectivity index (χ4n) is 3.61. The molecule has 38 heavy (non-hydrogen) atoms. The molecule has 1 fully saturated rings. The van der Waals surface area contributed by atoms with Gasteiger partial charge in [0.2, 0.25) is 5.91 Å². The zero-order valence-electron chi connectivity index (χ0n) is 22.0. The minimum Gasteiger partial charge on any atom is -0.494 e. The topological polar surface area (TPSA) is 147 Å². The number of rotatable bonds is 10. The number of amides is 3. The second-order valence-corrected chi connectivity index (χ2v) is 10.9. The molecular weight excluding hydrogens is 503 g/mol. The van der Waals surface area contributed by atoms with E-state index in [4.69, 9.17) is 4.74 Å². The number of para-hydroxylation sites is 1. The molecule has 11 nitrogen and oxygen atoms in total. The van der Waals surface area contributed by atoms with Crippen LogP contribution in [0.3, 0.4) is 0 Å². The lowest BCUT2D eigenvalue weighted by Crippen LogP contribution is -2.50. The molecule has 0 bridgehead atoms. The van der Waals surface area contributed by atoms with E-state index in [2.05, 4.69) is 36.4 Å². The summed E-state index contributed by atoms with van der Waals surface area (Å²) in [5, 5.41) is 20.0. The smallest absolute Gasteiger partial charge is 0.272 e. The summed E-state index contributed by atoms with van der Waals surface area (Å²) in [5.74, 6) is -0.0538. The number of hydrogen-bond acceptors (Lipinski definition) is 9. The maximum atomic E-state index is 13.1. The van der Waals surface area contributed by atoms with Crippen LogP contribution in [0.15, 0.2) is 30.5 Å². The van der Waals surface area contributed by atoms with Gasteiger partial charge >= 0.3 is 0 Å². The van der Waals surface area contributed by atoms with E-state index in [1.54, 1.807) is 12.1 Å². The molecule has 3 amide bonds. The van der Waals surface area contributed by atoms with Gasteiger partial charge in [0.1, 0.15) is 33.4 Å². The fourth-order valence-corrected chi connectivity index (χ4v) is 4.46. The summed E-state index contributed by atoms with van der Waals surface area (Å²) in [5.41, 5.74) is 1.61. The maximum absolute atomic E-state index is 13.1. The van der Waals surface area contributed by atoms with Crippen LogP contribution in [0.5, 0.6) is 5.75 Å². The number of benzene rings is 1. The Hall–Kier alpha value is -3.87. The number of thiazole rings is 1. The largest absolute Gasteiger partial charge is 0.494 e. The molecular formula is C23H28B3N7O4S. The Morgan fingerprint density at radius 1 is 1.13 bits per heavy atom. The third-order valence-corrected chi connectivity index (χ3v) is 6.51. The maximum Gasteiger partial charge on any atom is 0.272 e. The highest BCUT2D eigenvalue weighted by Gasteiger charge is 2.30. The Balaban J connectivity index is 1.70.